The minimum absolute atomic E-state index is 0.0915. The summed E-state index contributed by atoms with van der Waals surface area (Å²) in [5.41, 5.74) is 7.67. The third-order valence-electron chi connectivity index (χ3n) is 9.27. The number of aliphatic carboxylic acids is 1. The van der Waals surface area contributed by atoms with Gasteiger partial charge in [0, 0.05) is 26.6 Å². The molecule has 4 rings (SSSR count). The monoisotopic (exact) mass is 692 g/mol. The molecule has 2 aromatic carbocycles. The molecular formula is C36H48N6O8. The Morgan fingerprint density at radius 2 is 1.42 bits per heavy atom. The number of hydrogen-bond donors (Lipinski definition) is 5. The standard InChI is InChI=1S/C36H48N6O8/c1-22(2)31(39-32(45)26(37)19-24-13-15-25(43)16-14-24)35(48)41-17-7-11-28(41)34(47)40(3)21-30(44)38-27(20-23-9-5-4-6-10-23)33(46)42-18-8-12-29(42)36(49)50/h4-6,9-10,13-16,22,26-29,31,43H,7-8,11-12,17-21,37H2,1-3H3,(H,38,44)(H,39,45)(H,49,50)/t26-,27-,28-,29-,31-/m0/s1. The molecule has 2 fully saturated rings. The number of aromatic hydroxyl groups is 1. The Morgan fingerprint density at radius 1 is 0.840 bits per heavy atom. The fraction of sp³-hybridized carbons (Fsp3) is 0.500. The number of benzene rings is 2. The number of nitrogens with one attached hydrogen (secondary N) is 2. The van der Waals surface area contributed by atoms with E-state index in [4.69, 9.17) is 5.73 Å². The Kier molecular flexibility index (Phi) is 12.9. The maximum absolute atomic E-state index is 13.8. The van der Waals surface area contributed by atoms with Crippen molar-refractivity contribution in [2.75, 3.05) is 26.7 Å². The van der Waals surface area contributed by atoms with Crippen molar-refractivity contribution < 1.29 is 39.0 Å². The van der Waals surface area contributed by atoms with Gasteiger partial charge in [0.1, 0.15) is 29.9 Å². The summed E-state index contributed by atoms with van der Waals surface area (Å²) < 4.78 is 0. The van der Waals surface area contributed by atoms with Crippen LogP contribution in [-0.4, -0.2) is 117 Å². The van der Waals surface area contributed by atoms with E-state index in [-0.39, 0.29) is 31.1 Å². The number of rotatable bonds is 14. The van der Waals surface area contributed by atoms with Crippen molar-refractivity contribution in [2.24, 2.45) is 11.7 Å². The zero-order chi connectivity index (χ0) is 36.5. The van der Waals surface area contributed by atoms with Crippen LogP contribution in [0.5, 0.6) is 5.75 Å². The molecular weight excluding hydrogens is 644 g/mol. The van der Waals surface area contributed by atoms with Crippen molar-refractivity contribution in [1.82, 2.24) is 25.3 Å². The Labute approximate surface area is 292 Å². The van der Waals surface area contributed by atoms with Gasteiger partial charge in [-0.15, -0.1) is 0 Å². The molecule has 2 aliphatic rings. The first-order chi connectivity index (χ1) is 23.8. The second-order valence-electron chi connectivity index (χ2n) is 13.4. The van der Waals surface area contributed by atoms with Gasteiger partial charge in [-0.25, -0.2) is 4.79 Å². The average Bonchev–Trinajstić information content (AvgIpc) is 3.78. The molecule has 0 unspecified atom stereocenters. The second-order valence-corrected chi connectivity index (χ2v) is 13.4. The molecule has 2 heterocycles. The summed E-state index contributed by atoms with van der Waals surface area (Å²) in [6, 6.07) is 10.6. The van der Waals surface area contributed by atoms with E-state index >= 15 is 0 Å². The van der Waals surface area contributed by atoms with E-state index < -0.39 is 72.3 Å². The van der Waals surface area contributed by atoms with Crippen molar-refractivity contribution in [3.63, 3.8) is 0 Å². The van der Waals surface area contributed by atoms with Crippen molar-refractivity contribution in [3.8, 4) is 5.75 Å². The van der Waals surface area contributed by atoms with Crippen molar-refractivity contribution in [1.29, 1.82) is 0 Å². The summed E-state index contributed by atoms with van der Waals surface area (Å²) in [5, 5.41) is 24.6. The van der Waals surface area contributed by atoms with Crippen LogP contribution >= 0.6 is 0 Å². The lowest BCUT2D eigenvalue weighted by Crippen LogP contribution is -2.58. The smallest absolute Gasteiger partial charge is 0.326 e. The largest absolute Gasteiger partial charge is 0.508 e. The molecule has 2 saturated heterocycles. The topological polar surface area (TPSA) is 203 Å². The van der Waals surface area contributed by atoms with Gasteiger partial charge in [0.25, 0.3) is 0 Å². The highest BCUT2D eigenvalue weighted by atomic mass is 16.4. The van der Waals surface area contributed by atoms with Gasteiger partial charge in [-0.1, -0.05) is 56.3 Å². The molecule has 0 aromatic heterocycles. The van der Waals surface area contributed by atoms with Gasteiger partial charge < -0.3 is 41.3 Å². The molecule has 5 amide bonds. The summed E-state index contributed by atoms with van der Waals surface area (Å²) in [5.74, 6) is -3.84. The van der Waals surface area contributed by atoms with Crippen molar-refractivity contribution in [2.45, 2.75) is 82.6 Å². The number of nitrogens with zero attached hydrogens (tertiary/aromatic N) is 3. The first kappa shape index (κ1) is 37.8. The van der Waals surface area contributed by atoms with E-state index in [0.29, 0.717) is 32.2 Å². The van der Waals surface area contributed by atoms with E-state index in [9.17, 15) is 39.0 Å². The highest BCUT2D eigenvalue weighted by Gasteiger charge is 2.41. The Bertz CT molecular complexity index is 1530. The second kappa shape index (κ2) is 17.1. The molecule has 6 N–H and O–H groups in total. The Morgan fingerprint density at radius 3 is 2.02 bits per heavy atom. The fourth-order valence-corrected chi connectivity index (χ4v) is 6.54. The quantitative estimate of drug-likeness (QED) is 0.189. The number of likely N-dealkylation sites (N-methyl/N-ethyl adjacent to an activating group) is 1. The van der Waals surface area contributed by atoms with Crippen LogP contribution in [0.2, 0.25) is 0 Å². The lowest BCUT2D eigenvalue weighted by Gasteiger charge is -2.33. The first-order valence-corrected chi connectivity index (χ1v) is 17.0. The van der Waals surface area contributed by atoms with Gasteiger partial charge in [-0.05, 0) is 61.3 Å². The number of phenols is 1. The highest BCUT2D eigenvalue weighted by molar-refractivity contribution is 5.96. The molecule has 14 heteroatoms. The predicted molar refractivity (Wildman–Crippen MR) is 183 cm³/mol. The number of carbonyl (C=O) groups is 6. The lowest BCUT2D eigenvalue weighted by atomic mass is 10.00. The summed E-state index contributed by atoms with van der Waals surface area (Å²) in [6.45, 7) is 3.73. The summed E-state index contributed by atoms with van der Waals surface area (Å²) in [6.07, 6.45) is 2.12. The Hall–Kier alpha value is -4.98. The van der Waals surface area contributed by atoms with Crippen molar-refractivity contribution in [3.05, 3.63) is 65.7 Å². The normalized spacial score (nSPS) is 19.1. The van der Waals surface area contributed by atoms with Gasteiger partial charge in [-0.2, -0.15) is 0 Å². The number of carboxylic acid groups (broad SMARTS) is 1. The van der Waals surface area contributed by atoms with Crippen LogP contribution in [0.3, 0.4) is 0 Å². The van der Waals surface area contributed by atoms with Crippen LogP contribution in [0.15, 0.2) is 54.6 Å². The Balaban J connectivity index is 1.39. The minimum atomic E-state index is -1.10. The van der Waals surface area contributed by atoms with Gasteiger partial charge in [0.2, 0.25) is 29.5 Å². The molecule has 0 radical (unpaired) electrons. The molecule has 50 heavy (non-hydrogen) atoms. The zero-order valence-corrected chi connectivity index (χ0v) is 28.8. The van der Waals surface area contributed by atoms with Crippen molar-refractivity contribution >= 4 is 35.5 Å². The van der Waals surface area contributed by atoms with Crippen LogP contribution in [0, 0.1) is 5.92 Å². The van der Waals surface area contributed by atoms with Gasteiger partial charge in [0.15, 0.2) is 0 Å². The van der Waals surface area contributed by atoms with E-state index in [0.717, 1.165) is 11.1 Å². The minimum Gasteiger partial charge on any atom is -0.508 e. The molecule has 0 aliphatic carbocycles. The first-order valence-electron chi connectivity index (χ1n) is 17.0. The number of phenolic OH excluding ortho intramolecular Hbond substituents is 1. The van der Waals surface area contributed by atoms with E-state index in [1.165, 1.54) is 33.9 Å². The third-order valence-corrected chi connectivity index (χ3v) is 9.27. The van der Waals surface area contributed by atoms with Crippen LogP contribution < -0.4 is 16.4 Å². The van der Waals surface area contributed by atoms with Crippen LogP contribution in [0.4, 0.5) is 0 Å². The van der Waals surface area contributed by atoms with Crippen LogP contribution in [-0.2, 0) is 41.6 Å². The molecule has 0 saturated carbocycles. The highest BCUT2D eigenvalue weighted by Crippen LogP contribution is 2.23. The van der Waals surface area contributed by atoms with Crippen LogP contribution in [0.1, 0.15) is 50.7 Å². The molecule has 0 spiro atoms. The van der Waals surface area contributed by atoms with E-state index in [2.05, 4.69) is 10.6 Å². The zero-order valence-electron chi connectivity index (χ0n) is 28.8. The number of likely N-dealkylation sites (tertiary alicyclic amines) is 2. The molecule has 0 bridgehead atoms. The maximum atomic E-state index is 13.8. The summed E-state index contributed by atoms with van der Waals surface area (Å²) in [4.78, 5) is 83.1. The molecule has 270 valence electrons. The molecule has 14 nitrogen and oxygen atoms in total. The summed E-state index contributed by atoms with van der Waals surface area (Å²) >= 11 is 0. The SMILES string of the molecule is CC(C)[C@H](NC(=O)[C@@H](N)Cc1ccc(O)cc1)C(=O)N1CCC[C@H]1C(=O)N(C)CC(=O)N[C@@H](Cc1ccccc1)C(=O)N1CCC[C@H]1C(=O)O. The maximum Gasteiger partial charge on any atom is 0.326 e. The van der Waals surface area contributed by atoms with Gasteiger partial charge in [0.05, 0.1) is 12.6 Å². The average molecular weight is 693 g/mol. The molecule has 2 aromatic rings. The van der Waals surface area contributed by atoms with E-state index in [1.807, 2.05) is 18.2 Å². The number of nitrogens with two attached hydrogens (primary N) is 1. The lowest BCUT2D eigenvalue weighted by molar-refractivity contribution is -0.149. The number of hydrogen-bond acceptors (Lipinski definition) is 8. The number of carboxylic acids is 1. The number of amides is 5. The summed E-state index contributed by atoms with van der Waals surface area (Å²) in [7, 11) is 1.45. The van der Waals surface area contributed by atoms with Gasteiger partial charge >= 0.3 is 5.97 Å². The van der Waals surface area contributed by atoms with Crippen LogP contribution in [0.25, 0.3) is 0 Å². The molecule has 2 aliphatic heterocycles. The predicted octanol–water partition coefficient (Wildman–Crippen LogP) is 0.655. The number of carbonyl (C=O) groups excluding carboxylic acids is 5. The fourth-order valence-electron chi connectivity index (χ4n) is 6.54. The van der Waals surface area contributed by atoms with E-state index in [1.54, 1.807) is 38.1 Å². The third kappa shape index (κ3) is 9.59. The van der Waals surface area contributed by atoms with Gasteiger partial charge in [-0.3, -0.25) is 24.0 Å². The molecule has 5 atom stereocenters.